The van der Waals surface area contributed by atoms with Crippen LogP contribution in [0.4, 0.5) is 4.79 Å². The molecular weight excluding hydrogens is 318 g/mol. The van der Waals surface area contributed by atoms with Crippen LogP contribution in [0.2, 0.25) is 0 Å². The molecule has 0 heterocycles. The lowest BCUT2D eigenvalue weighted by Gasteiger charge is -2.42. The van der Waals surface area contributed by atoms with Crippen molar-refractivity contribution >= 4 is 12.0 Å². The Kier molecular flexibility index (Phi) is 6.42. The van der Waals surface area contributed by atoms with Crippen molar-refractivity contribution in [1.82, 2.24) is 15.1 Å². The number of benzene rings is 1. The molecule has 0 saturated heterocycles. The van der Waals surface area contributed by atoms with Gasteiger partial charge in [-0.3, -0.25) is 9.69 Å². The number of aryl methyl sites for hydroxylation is 2. The van der Waals surface area contributed by atoms with Crippen LogP contribution < -0.4 is 5.32 Å². The summed E-state index contributed by atoms with van der Waals surface area (Å²) in [5.74, 6) is -0.803. The Bertz CT molecular complexity index is 626. The number of amides is 2. The van der Waals surface area contributed by atoms with Gasteiger partial charge >= 0.3 is 12.0 Å². The van der Waals surface area contributed by atoms with Crippen molar-refractivity contribution in [3.8, 4) is 0 Å². The maximum Gasteiger partial charge on any atom is 0.317 e. The Morgan fingerprint density at radius 2 is 1.96 bits per heavy atom. The monoisotopic (exact) mass is 347 g/mol. The fourth-order valence-corrected chi connectivity index (χ4v) is 3.26. The third kappa shape index (κ3) is 5.19. The fourth-order valence-electron chi connectivity index (χ4n) is 3.26. The second-order valence-corrected chi connectivity index (χ2v) is 7.01. The van der Waals surface area contributed by atoms with Gasteiger partial charge in [-0.25, -0.2) is 4.79 Å². The molecule has 2 N–H and O–H groups in total. The average molecular weight is 347 g/mol. The number of urea groups is 1. The number of rotatable bonds is 7. The first-order chi connectivity index (χ1) is 11.8. The molecule has 0 aliphatic heterocycles. The lowest BCUT2D eigenvalue weighted by molar-refractivity contribution is -0.139. The zero-order valence-corrected chi connectivity index (χ0v) is 15.6. The van der Waals surface area contributed by atoms with Gasteiger partial charge in [-0.05, 0) is 44.4 Å². The predicted molar refractivity (Wildman–Crippen MR) is 97.6 cm³/mol. The maximum absolute atomic E-state index is 12.4. The zero-order valence-electron chi connectivity index (χ0n) is 15.6. The Balaban J connectivity index is 1.81. The van der Waals surface area contributed by atoms with E-state index in [1.807, 2.05) is 18.7 Å². The molecule has 0 unspecified atom stereocenters. The minimum Gasteiger partial charge on any atom is -0.480 e. The van der Waals surface area contributed by atoms with Crippen molar-refractivity contribution in [1.29, 1.82) is 0 Å². The predicted octanol–water partition coefficient (Wildman–Crippen LogP) is 2.38. The Morgan fingerprint density at radius 3 is 2.56 bits per heavy atom. The number of carbonyl (C=O) groups excluding carboxylic acids is 1. The van der Waals surface area contributed by atoms with Gasteiger partial charge in [0.25, 0.3) is 0 Å². The minimum absolute atomic E-state index is 0.0639. The summed E-state index contributed by atoms with van der Waals surface area (Å²) in [6, 6.07) is 6.56. The highest BCUT2D eigenvalue weighted by molar-refractivity contribution is 5.74. The molecule has 6 nitrogen and oxygen atoms in total. The molecule has 0 atom stereocenters. The third-order valence-corrected chi connectivity index (χ3v) is 4.96. The first-order valence-corrected chi connectivity index (χ1v) is 8.83. The molecular formula is C19H29N3O3. The molecule has 0 radical (unpaired) electrons. The number of nitrogens with zero attached hydrogens (tertiary/aromatic N) is 2. The number of carboxylic acids is 1. The zero-order chi connectivity index (χ0) is 18.6. The topological polar surface area (TPSA) is 72.9 Å². The van der Waals surface area contributed by atoms with Gasteiger partial charge in [0.15, 0.2) is 0 Å². The van der Waals surface area contributed by atoms with Crippen molar-refractivity contribution in [3.63, 3.8) is 0 Å². The molecule has 25 heavy (non-hydrogen) atoms. The van der Waals surface area contributed by atoms with Gasteiger partial charge in [-0.2, -0.15) is 0 Å². The van der Waals surface area contributed by atoms with Crippen LogP contribution in [0.25, 0.3) is 0 Å². The van der Waals surface area contributed by atoms with Crippen LogP contribution in [-0.4, -0.2) is 59.1 Å². The SMILES string of the molecule is CCN(CC(=O)O)C1CC(NC(=O)N(C)Cc2cc(C)ccc2C)C1. The highest BCUT2D eigenvalue weighted by Gasteiger charge is 2.35. The lowest BCUT2D eigenvalue weighted by Crippen LogP contribution is -2.56. The summed E-state index contributed by atoms with van der Waals surface area (Å²) in [6.45, 7) is 7.42. The third-order valence-electron chi connectivity index (χ3n) is 4.96. The van der Waals surface area contributed by atoms with Crippen LogP contribution in [0.15, 0.2) is 18.2 Å². The van der Waals surface area contributed by atoms with Gasteiger partial charge in [0.2, 0.25) is 0 Å². The Hall–Kier alpha value is -2.08. The fraction of sp³-hybridized carbons (Fsp3) is 0.579. The van der Waals surface area contributed by atoms with E-state index < -0.39 is 5.97 Å². The van der Waals surface area contributed by atoms with E-state index in [2.05, 4.69) is 30.4 Å². The molecule has 138 valence electrons. The molecule has 0 spiro atoms. The van der Waals surface area contributed by atoms with E-state index in [0.29, 0.717) is 13.1 Å². The maximum atomic E-state index is 12.4. The van der Waals surface area contributed by atoms with Crippen LogP contribution in [0.3, 0.4) is 0 Å². The second-order valence-electron chi connectivity index (χ2n) is 7.01. The first-order valence-electron chi connectivity index (χ1n) is 8.83. The number of likely N-dealkylation sites (N-methyl/N-ethyl adjacent to an activating group) is 1. The Morgan fingerprint density at radius 1 is 1.28 bits per heavy atom. The van der Waals surface area contributed by atoms with Gasteiger partial charge in [0, 0.05) is 25.7 Å². The van der Waals surface area contributed by atoms with E-state index >= 15 is 0 Å². The molecule has 2 amide bonds. The quantitative estimate of drug-likeness (QED) is 0.794. The average Bonchev–Trinajstić information content (AvgIpc) is 2.51. The normalized spacial score (nSPS) is 19.4. The summed E-state index contributed by atoms with van der Waals surface area (Å²) >= 11 is 0. The molecule has 1 aliphatic rings. The molecule has 1 aromatic carbocycles. The standard InChI is InChI=1S/C19H29N3O3/c1-5-22(12-18(23)24)17-9-16(10-17)20-19(25)21(4)11-15-8-13(2)6-7-14(15)3/h6-8,16-17H,5,9-12H2,1-4H3,(H,20,25)(H,23,24). The van der Waals surface area contributed by atoms with E-state index in [1.165, 1.54) is 11.1 Å². The van der Waals surface area contributed by atoms with Gasteiger partial charge in [-0.15, -0.1) is 0 Å². The number of aliphatic carboxylic acids is 1. The molecule has 0 bridgehead atoms. The van der Waals surface area contributed by atoms with E-state index in [-0.39, 0.29) is 24.7 Å². The van der Waals surface area contributed by atoms with E-state index in [0.717, 1.165) is 18.4 Å². The van der Waals surface area contributed by atoms with Crippen molar-refractivity contribution in [3.05, 3.63) is 34.9 Å². The van der Waals surface area contributed by atoms with Crippen LogP contribution in [0, 0.1) is 13.8 Å². The number of carboxylic acid groups (broad SMARTS) is 1. The number of nitrogens with one attached hydrogen (secondary N) is 1. The van der Waals surface area contributed by atoms with Crippen molar-refractivity contribution in [2.75, 3.05) is 20.1 Å². The number of carbonyl (C=O) groups is 2. The van der Waals surface area contributed by atoms with Crippen LogP contribution in [0.1, 0.15) is 36.5 Å². The summed E-state index contributed by atoms with van der Waals surface area (Å²) in [6.07, 6.45) is 1.62. The highest BCUT2D eigenvalue weighted by atomic mass is 16.4. The highest BCUT2D eigenvalue weighted by Crippen LogP contribution is 2.25. The summed E-state index contributed by atoms with van der Waals surface area (Å²) in [4.78, 5) is 26.9. The molecule has 0 aromatic heterocycles. The van der Waals surface area contributed by atoms with Gasteiger partial charge in [0.1, 0.15) is 0 Å². The van der Waals surface area contributed by atoms with Crippen LogP contribution in [-0.2, 0) is 11.3 Å². The molecule has 1 saturated carbocycles. The van der Waals surface area contributed by atoms with Crippen molar-refractivity contribution < 1.29 is 14.7 Å². The summed E-state index contributed by atoms with van der Waals surface area (Å²) in [5, 5.41) is 12.0. The van der Waals surface area contributed by atoms with Crippen LogP contribution >= 0.6 is 0 Å². The molecule has 6 heteroatoms. The van der Waals surface area contributed by atoms with E-state index in [4.69, 9.17) is 5.11 Å². The van der Waals surface area contributed by atoms with Gasteiger partial charge in [-0.1, -0.05) is 30.7 Å². The van der Waals surface area contributed by atoms with E-state index in [1.54, 1.807) is 11.9 Å². The summed E-state index contributed by atoms with van der Waals surface area (Å²) < 4.78 is 0. The van der Waals surface area contributed by atoms with Gasteiger partial charge in [0.05, 0.1) is 6.54 Å². The minimum atomic E-state index is -0.803. The van der Waals surface area contributed by atoms with E-state index in [9.17, 15) is 9.59 Å². The summed E-state index contributed by atoms with van der Waals surface area (Å²) in [5.41, 5.74) is 3.53. The van der Waals surface area contributed by atoms with Crippen molar-refractivity contribution in [2.24, 2.45) is 0 Å². The molecule has 1 aromatic rings. The van der Waals surface area contributed by atoms with Crippen LogP contribution in [0.5, 0.6) is 0 Å². The molecule has 1 aliphatic carbocycles. The summed E-state index contributed by atoms with van der Waals surface area (Å²) in [7, 11) is 1.80. The molecule has 1 fully saturated rings. The molecule has 2 rings (SSSR count). The van der Waals surface area contributed by atoms with Crippen molar-refractivity contribution in [2.45, 2.75) is 52.2 Å². The number of hydrogen-bond donors (Lipinski definition) is 2. The number of hydrogen-bond acceptors (Lipinski definition) is 3. The first kappa shape index (κ1) is 19.2. The van der Waals surface area contributed by atoms with Gasteiger partial charge < -0.3 is 15.3 Å². The largest absolute Gasteiger partial charge is 0.480 e. The second kappa shape index (κ2) is 8.34. The smallest absolute Gasteiger partial charge is 0.317 e. The Labute approximate surface area is 149 Å². The lowest BCUT2D eigenvalue weighted by atomic mass is 9.85.